The molecule has 0 fully saturated rings. The second kappa shape index (κ2) is 9.62. The van der Waals surface area contributed by atoms with Crippen LogP contribution in [0.25, 0.3) is 0 Å². The van der Waals surface area contributed by atoms with Gasteiger partial charge in [0.05, 0.1) is 18.0 Å². The minimum absolute atomic E-state index is 0. The second-order valence-corrected chi connectivity index (χ2v) is 6.14. The molecule has 2 rings (SSSR count). The van der Waals surface area contributed by atoms with Gasteiger partial charge in [-0.1, -0.05) is 30.3 Å². The highest BCUT2D eigenvalue weighted by atomic mass is 35.5. The van der Waals surface area contributed by atoms with E-state index in [0.717, 1.165) is 5.84 Å². The summed E-state index contributed by atoms with van der Waals surface area (Å²) in [5.41, 5.74) is 2.39. The van der Waals surface area contributed by atoms with E-state index >= 15 is 0 Å². The minimum Gasteiger partial charge on any atom is -0.380 e. The first kappa shape index (κ1) is 18.7. The third kappa shape index (κ3) is 5.79. The van der Waals surface area contributed by atoms with Crippen LogP contribution in [0.2, 0.25) is 0 Å². The van der Waals surface area contributed by atoms with E-state index in [-0.39, 0.29) is 12.4 Å². The van der Waals surface area contributed by atoms with Crippen LogP contribution >= 0.6 is 23.7 Å². The summed E-state index contributed by atoms with van der Waals surface area (Å²) in [6.07, 6.45) is 0. The maximum absolute atomic E-state index is 5.12. The summed E-state index contributed by atoms with van der Waals surface area (Å²) in [6, 6.07) is 12.9. The van der Waals surface area contributed by atoms with E-state index in [1.165, 1.54) is 16.0 Å². The average Bonchev–Trinajstić information content (AvgIpc) is 2.99. The molecule has 120 valence electrons. The number of rotatable bonds is 6. The highest BCUT2D eigenvalue weighted by Crippen LogP contribution is 2.12. The summed E-state index contributed by atoms with van der Waals surface area (Å²) in [5.74, 6) is 0.973. The molecule has 0 aliphatic heterocycles. The number of nitrogens with zero attached hydrogens (tertiary/aromatic N) is 1. The Morgan fingerprint density at radius 2 is 1.86 bits per heavy atom. The SMILES string of the molecule is COCc1ccc(CN=C(NC(C)C)c2cccs2)cc1.Cl. The molecule has 0 amide bonds. The van der Waals surface area contributed by atoms with Gasteiger partial charge in [0.25, 0.3) is 0 Å². The van der Waals surface area contributed by atoms with Gasteiger partial charge < -0.3 is 10.1 Å². The third-order valence-corrected chi connectivity index (χ3v) is 3.81. The van der Waals surface area contributed by atoms with Crippen molar-refractivity contribution in [2.45, 2.75) is 33.0 Å². The first-order valence-corrected chi connectivity index (χ1v) is 7.98. The van der Waals surface area contributed by atoms with Crippen LogP contribution in [0, 0.1) is 0 Å². The Bertz CT molecular complexity index is 565. The van der Waals surface area contributed by atoms with Gasteiger partial charge in [-0.2, -0.15) is 0 Å². The summed E-state index contributed by atoms with van der Waals surface area (Å²) in [4.78, 5) is 5.92. The lowest BCUT2D eigenvalue weighted by Gasteiger charge is -2.12. The number of benzene rings is 1. The van der Waals surface area contributed by atoms with Crippen LogP contribution < -0.4 is 5.32 Å². The normalized spacial score (nSPS) is 11.4. The van der Waals surface area contributed by atoms with Crippen molar-refractivity contribution in [1.82, 2.24) is 5.32 Å². The van der Waals surface area contributed by atoms with Crippen molar-refractivity contribution in [1.29, 1.82) is 0 Å². The molecule has 0 atom stereocenters. The summed E-state index contributed by atoms with van der Waals surface area (Å²) in [5, 5.41) is 5.50. The van der Waals surface area contributed by atoms with Gasteiger partial charge >= 0.3 is 0 Å². The smallest absolute Gasteiger partial charge is 0.139 e. The van der Waals surface area contributed by atoms with Crippen LogP contribution in [0.5, 0.6) is 0 Å². The maximum atomic E-state index is 5.12. The van der Waals surface area contributed by atoms with E-state index in [4.69, 9.17) is 9.73 Å². The molecule has 0 unspecified atom stereocenters. The van der Waals surface area contributed by atoms with E-state index < -0.39 is 0 Å². The quantitative estimate of drug-likeness (QED) is 0.630. The van der Waals surface area contributed by atoms with Crippen molar-refractivity contribution in [2.24, 2.45) is 4.99 Å². The van der Waals surface area contributed by atoms with Gasteiger partial charge in [-0.05, 0) is 36.4 Å². The predicted molar refractivity (Wildman–Crippen MR) is 97.2 cm³/mol. The molecule has 0 spiro atoms. The fraction of sp³-hybridized carbons (Fsp3) is 0.353. The molecular weight excluding hydrogens is 316 g/mol. The number of halogens is 1. The number of amidine groups is 1. The molecule has 0 saturated heterocycles. The van der Waals surface area contributed by atoms with Gasteiger partial charge in [-0.15, -0.1) is 23.7 Å². The van der Waals surface area contributed by atoms with Gasteiger partial charge in [-0.25, -0.2) is 0 Å². The lowest BCUT2D eigenvalue weighted by Crippen LogP contribution is -2.30. The van der Waals surface area contributed by atoms with Crippen LogP contribution in [0.3, 0.4) is 0 Å². The Hall–Kier alpha value is -1.36. The number of hydrogen-bond donors (Lipinski definition) is 1. The molecule has 1 aromatic heterocycles. The standard InChI is InChI=1S/C17H22N2OS.ClH/c1-13(2)19-17(16-5-4-10-21-16)18-11-14-6-8-15(9-7-14)12-20-3;/h4-10,13H,11-12H2,1-3H3,(H,18,19);1H. The first-order chi connectivity index (χ1) is 10.2. The fourth-order valence-electron chi connectivity index (χ4n) is 1.96. The lowest BCUT2D eigenvalue weighted by atomic mass is 10.1. The molecule has 0 aliphatic rings. The zero-order valence-corrected chi connectivity index (χ0v) is 14.8. The van der Waals surface area contributed by atoms with Gasteiger partial charge in [0.1, 0.15) is 5.84 Å². The lowest BCUT2D eigenvalue weighted by molar-refractivity contribution is 0.185. The number of hydrogen-bond acceptors (Lipinski definition) is 3. The van der Waals surface area contributed by atoms with E-state index in [1.54, 1.807) is 18.4 Å². The van der Waals surface area contributed by atoms with E-state index in [9.17, 15) is 0 Å². The highest BCUT2D eigenvalue weighted by molar-refractivity contribution is 7.12. The van der Waals surface area contributed by atoms with Gasteiger partial charge in [0.2, 0.25) is 0 Å². The molecule has 3 nitrogen and oxygen atoms in total. The molecule has 2 aromatic rings. The molecule has 0 saturated carbocycles. The largest absolute Gasteiger partial charge is 0.380 e. The molecule has 5 heteroatoms. The summed E-state index contributed by atoms with van der Waals surface area (Å²) < 4.78 is 5.12. The van der Waals surface area contributed by atoms with Crippen molar-refractivity contribution in [3.05, 3.63) is 57.8 Å². The van der Waals surface area contributed by atoms with E-state index in [2.05, 4.69) is 60.9 Å². The van der Waals surface area contributed by atoms with Crippen molar-refractivity contribution < 1.29 is 4.74 Å². The van der Waals surface area contributed by atoms with Crippen molar-refractivity contribution >= 4 is 29.6 Å². The van der Waals surface area contributed by atoms with Crippen LogP contribution in [-0.4, -0.2) is 19.0 Å². The van der Waals surface area contributed by atoms with Crippen LogP contribution in [-0.2, 0) is 17.9 Å². The summed E-state index contributed by atoms with van der Waals surface area (Å²) in [6.45, 7) is 5.59. The zero-order valence-electron chi connectivity index (χ0n) is 13.2. The topological polar surface area (TPSA) is 33.6 Å². The molecule has 22 heavy (non-hydrogen) atoms. The Morgan fingerprint density at radius 1 is 1.18 bits per heavy atom. The number of aliphatic imine (C=N–C) groups is 1. The van der Waals surface area contributed by atoms with Gasteiger partial charge in [-0.3, -0.25) is 4.99 Å². The third-order valence-electron chi connectivity index (χ3n) is 2.93. The van der Waals surface area contributed by atoms with Gasteiger partial charge in [0, 0.05) is 13.2 Å². The number of methoxy groups -OCH3 is 1. The fourth-order valence-corrected chi connectivity index (χ4v) is 2.66. The van der Waals surface area contributed by atoms with Crippen LogP contribution in [0.4, 0.5) is 0 Å². The van der Waals surface area contributed by atoms with E-state index in [1.807, 2.05) is 0 Å². The molecule has 1 aromatic carbocycles. The number of ether oxygens (including phenoxy) is 1. The molecule has 1 heterocycles. The van der Waals surface area contributed by atoms with Crippen molar-refractivity contribution in [3.63, 3.8) is 0 Å². The first-order valence-electron chi connectivity index (χ1n) is 7.10. The Labute approximate surface area is 142 Å². The molecule has 0 bridgehead atoms. The van der Waals surface area contributed by atoms with Gasteiger partial charge in [0.15, 0.2) is 0 Å². The minimum atomic E-state index is 0. The Morgan fingerprint density at radius 3 is 2.41 bits per heavy atom. The highest BCUT2D eigenvalue weighted by Gasteiger charge is 2.06. The summed E-state index contributed by atoms with van der Waals surface area (Å²) >= 11 is 1.71. The molecule has 0 radical (unpaired) electrons. The monoisotopic (exact) mass is 338 g/mol. The number of thiophene rings is 1. The molecule has 0 aliphatic carbocycles. The van der Waals surface area contributed by atoms with E-state index in [0.29, 0.717) is 19.2 Å². The van der Waals surface area contributed by atoms with Crippen molar-refractivity contribution in [3.8, 4) is 0 Å². The number of nitrogens with one attached hydrogen (secondary N) is 1. The maximum Gasteiger partial charge on any atom is 0.139 e. The Kier molecular flexibility index (Phi) is 8.17. The van der Waals surface area contributed by atoms with Crippen LogP contribution in [0.15, 0.2) is 46.8 Å². The average molecular weight is 339 g/mol. The zero-order chi connectivity index (χ0) is 15.1. The molecular formula is C17H23ClN2OS. The Balaban J connectivity index is 0.00000242. The molecule has 1 N–H and O–H groups in total. The van der Waals surface area contributed by atoms with Crippen molar-refractivity contribution in [2.75, 3.05) is 7.11 Å². The van der Waals surface area contributed by atoms with Crippen LogP contribution in [0.1, 0.15) is 29.9 Å². The predicted octanol–water partition coefficient (Wildman–Crippen LogP) is 4.26. The summed E-state index contributed by atoms with van der Waals surface area (Å²) in [7, 11) is 1.71. The second-order valence-electron chi connectivity index (χ2n) is 5.19.